The Morgan fingerprint density at radius 1 is 1.43 bits per heavy atom. The van der Waals surface area contributed by atoms with E-state index < -0.39 is 0 Å². The molecular formula is C16H28N4O. The summed E-state index contributed by atoms with van der Waals surface area (Å²) in [5, 5.41) is 9.99. The lowest BCUT2D eigenvalue weighted by atomic mass is 9.71. The van der Waals surface area contributed by atoms with Gasteiger partial charge in [-0.3, -0.25) is 9.89 Å². The van der Waals surface area contributed by atoms with Crippen molar-refractivity contribution >= 4 is 5.91 Å². The van der Waals surface area contributed by atoms with Crippen molar-refractivity contribution in [2.24, 2.45) is 11.1 Å². The molecule has 0 unspecified atom stereocenters. The highest BCUT2D eigenvalue weighted by Crippen LogP contribution is 2.38. The lowest BCUT2D eigenvalue weighted by Crippen LogP contribution is -2.38. The molecule has 0 aliphatic heterocycles. The Kier molecular flexibility index (Phi) is 5.79. The van der Waals surface area contributed by atoms with Crippen molar-refractivity contribution < 1.29 is 4.79 Å². The lowest BCUT2D eigenvalue weighted by Gasteiger charge is -2.35. The van der Waals surface area contributed by atoms with E-state index in [1.807, 2.05) is 13.1 Å². The number of rotatable bonds is 7. The van der Waals surface area contributed by atoms with E-state index in [-0.39, 0.29) is 11.3 Å². The SMILES string of the molecule is Cc1[nH]ncc1CCCNC(=O)CC1(CN)CCCCC1. The summed E-state index contributed by atoms with van der Waals surface area (Å²) >= 11 is 0. The second-order valence-corrected chi connectivity index (χ2v) is 6.42. The van der Waals surface area contributed by atoms with Gasteiger partial charge >= 0.3 is 0 Å². The number of aryl methyl sites for hydroxylation is 2. The van der Waals surface area contributed by atoms with Crippen LogP contribution in [0.1, 0.15) is 56.2 Å². The van der Waals surface area contributed by atoms with Gasteiger partial charge in [0.1, 0.15) is 0 Å². The molecule has 0 saturated heterocycles. The van der Waals surface area contributed by atoms with Crippen molar-refractivity contribution in [3.63, 3.8) is 0 Å². The van der Waals surface area contributed by atoms with Crippen molar-refractivity contribution in [2.75, 3.05) is 13.1 Å². The number of H-pyrrole nitrogens is 1. The highest BCUT2D eigenvalue weighted by molar-refractivity contribution is 5.76. The molecule has 118 valence electrons. The Morgan fingerprint density at radius 2 is 2.19 bits per heavy atom. The first-order valence-corrected chi connectivity index (χ1v) is 8.11. The van der Waals surface area contributed by atoms with Crippen molar-refractivity contribution in [1.29, 1.82) is 0 Å². The standard InChI is InChI=1S/C16H28N4O/c1-13-14(11-19-20-13)6-5-9-18-15(21)10-16(12-17)7-3-2-4-8-16/h11H,2-10,12,17H2,1H3,(H,18,21)(H,19,20). The molecule has 0 radical (unpaired) electrons. The summed E-state index contributed by atoms with van der Waals surface area (Å²) in [5.74, 6) is 0.159. The Balaban J connectivity index is 1.68. The van der Waals surface area contributed by atoms with Gasteiger partial charge in [0.25, 0.3) is 0 Å². The van der Waals surface area contributed by atoms with Gasteiger partial charge in [-0.15, -0.1) is 0 Å². The van der Waals surface area contributed by atoms with E-state index in [1.165, 1.54) is 24.8 Å². The number of nitrogens with two attached hydrogens (primary N) is 1. The molecule has 21 heavy (non-hydrogen) atoms. The molecule has 2 rings (SSSR count). The third kappa shape index (κ3) is 4.56. The summed E-state index contributed by atoms with van der Waals surface area (Å²) < 4.78 is 0. The first-order chi connectivity index (χ1) is 10.2. The minimum atomic E-state index is 0.0590. The Hall–Kier alpha value is -1.36. The van der Waals surface area contributed by atoms with Crippen LogP contribution in [-0.2, 0) is 11.2 Å². The van der Waals surface area contributed by atoms with Gasteiger partial charge in [0.05, 0.1) is 6.20 Å². The molecule has 0 spiro atoms. The number of aromatic nitrogens is 2. The molecule has 1 aromatic heterocycles. The molecule has 1 amide bonds. The van der Waals surface area contributed by atoms with E-state index in [9.17, 15) is 4.79 Å². The normalized spacial score (nSPS) is 17.6. The number of nitrogens with zero attached hydrogens (tertiary/aromatic N) is 1. The second kappa shape index (κ2) is 7.59. The molecule has 5 heteroatoms. The molecule has 1 fully saturated rings. The van der Waals surface area contributed by atoms with Gasteiger partial charge in [0, 0.05) is 18.7 Å². The lowest BCUT2D eigenvalue weighted by molar-refractivity contribution is -0.123. The quantitative estimate of drug-likeness (QED) is 0.673. The number of hydrogen-bond donors (Lipinski definition) is 3. The largest absolute Gasteiger partial charge is 0.356 e. The molecular weight excluding hydrogens is 264 g/mol. The average Bonchev–Trinajstić information content (AvgIpc) is 2.90. The fourth-order valence-corrected chi connectivity index (χ4v) is 3.29. The van der Waals surface area contributed by atoms with Crippen LogP contribution < -0.4 is 11.1 Å². The highest BCUT2D eigenvalue weighted by atomic mass is 16.1. The summed E-state index contributed by atoms with van der Waals surface area (Å²) in [7, 11) is 0. The van der Waals surface area contributed by atoms with Crippen LogP contribution in [0.2, 0.25) is 0 Å². The van der Waals surface area contributed by atoms with E-state index in [0.29, 0.717) is 13.0 Å². The first-order valence-electron chi connectivity index (χ1n) is 8.11. The van der Waals surface area contributed by atoms with Crippen LogP contribution in [0.15, 0.2) is 6.20 Å². The molecule has 0 atom stereocenters. The monoisotopic (exact) mass is 292 g/mol. The van der Waals surface area contributed by atoms with Crippen molar-refractivity contribution in [2.45, 2.75) is 58.3 Å². The third-order valence-electron chi connectivity index (χ3n) is 4.76. The number of hydrogen-bond acceptors (Lipinski definition) is 3. The van der Waals surface area contributed by atoms with Crippen LogP contribution in [-0.4, -0.2) is 29.2 Å². The highest BCUT2D eigenvalue weighted by Gasteiger charge is 2.32. The van der Waals surface area contributed by atoms with Gasteiger partial charge in [0.15, 0.2) is 0 Å². The molecule has 0 aromatic carbocycles. The molecule has 1 aliphatic rings. The summed E-state index contributed by atoms with van der Waals surface area (Å²) in [6.45, 7) is 3.38. The fourth-order valence-electron chi connectivity index (χ4n) is 3.29. The maximum atomic E-state index is 12.1. The molecule has 4 N–H and O–H groups in total. The summed E-state index contributed by atoms with van der Waals surface area (Å²) in [4.78, 5) is 12.1. The Bertz CT molecular complexity index is 449. The zero-order valence-electron chi connectivity index (χ0n) is 13.1. The van der Waals surface area contributed by atoms with Gasteiger partial charge in [0.2, 0.25) is 5.91 Å². The molecule has 0 bridgehead atoms. The number of carbonyl (C=O) groups excluding carboxylic acids is 1. The van der Waals surface area contributed by atoms with Crippen molar-refractivity contribution in [1.82, 2.24) is 15.5 Å². The van der Waals surface area contributed by atoms with Crippen LogP contribution in [0.25, 0.3) is 0 Å². The van der Waals surface area contributed by atoms with Crippen LogP contribution in [0.3, 0.4) is 0 Å². The minimum Gasteiger partial charge on any atom is -0.356 e. The zero-order chi connectivity index (χ0) is 15.1. The van der Waals surface area contributed by atoms with Crippen molar-refractivity contribution in [3.8, 4) is 0 Å². The van der Waals surface area contributed by atoms with Crippen LogP contribution in [0, 0.1) is 12.3 Å². The predicted octanol–water partition coefficient (Wildman–Crippen LogP) is 2.07. The maximum Gasteiger partial charge on any atom is 0.220 e. The molecule has 1 aliphatic carbocycles. The van der Waals surface area contributed by atoms with Gasteiger partial charge < -0.3 is 11.1 Å². The smallest absolute Gasteiger partial charge is 0.220 e. The average molecular weight is 292 g/mol. The summed E-state index contributed by atoms with van der Waals surface area (Å²) in [5.41, 5.74) is 8.34. The molecule has 1 aromatic rings. The minimum absolute atomic E-state index is 0.0590. The Morgan fingerprint density at radius 3 is 2.81 bits per heavy atom. The first kappa shape index (κ1) is 16.0. The summed E-state index contributed by atoms with van der Waals surface area (Å²) in [6.07, 6.45) is 10.3. The van der Waals surface area contributed by atoms with Crippen LogP contribution in [0.4, 0.5) is 0 Å². The number of amides is 1. The fraction of sp³-hybridized carbons (Fsp3) is 0.750. The van der Waals surface area contributed by atoms with Gasteiger partial charge in [-0.1, -0.05) is 19.3 Å². The van der Waals surface area contributed by atoms with Crippen LogP contribution >= 0.6 is 0 Å². The van der Waals surface area contributed by atoms with E-state index >= 15 is 0 Å². The van der Waals surface area contributed by atoms with E-state index in [2.05, 4.69) is 15.5 Å². The topological polar surface area (TPSA) is 83.8 Å². The summed E-state index contributed by atoms with van der Waals surface area (Å²) in [6, 6.07) is 0. The van der Waals surface area contributed by atoms with Gasteiger partial charge in [-0.05, 0) is 50.1 Å². The number of nitrogens with one attached hydrogen (secondary N) is 2. The second-order valence-electron chi connectivity index (χ2n) is 6.42. The maximum absolute atomic E-state index is 12.1. The third-order valence-corrected chi connectivity index (χ3v) is 4.76. The van der Waals surface area contributed by atoms with E-state index in [4.69, 9.17) is 5.73 Å². The van der Waals surface area contributed by atoms with E-state index in [1.54, 1.807) is 0 Å². The number of carbonyl (C=O) groups is 1. The Labute approximate surface area is 127 Å². The zero-order valence-corrected chi connectivity index (χ0v) is 13.1. The molecule has 1 saturated carbocycles. The van der Waals surface area contributed by atoms with Crippen LogP contribution in [0.5, 0.6) is 0 Å². The van der Waals surface area contributed by atoms with E-state index in [0.717, 1.165) is 37.9 Å². The van der Waals surface area contributed by atoms with Gasteiger partial charge in [-0.2, -0.15) is 5.10 Å². The molecule has 5 nitrogen and oxygen atoms in total. The molecule has 1 heterocycles. The van der Waals surface area contributed by atoms with Crippen molar-refractivity contribution in [3.05, 3.63) is 17.5 Å². The predicted molar refractivity (Wildman–Crippen MR) is 83.8 cm³/mol. The van der Waals surface area contributed by atoms with Gasteiger partial charge in [-0.25, -0.2) is 0 Å². The number of aromatic amines is 1.